The monoisotopic (exact) mass is 188 g/mol. The summed E-state index contributed by atoms with van der Waals surface area (Å²) in [5.41, 5.74) is 0.221. The first kappa shape index (κ1) is 11.6. The van der Waals surface area contributed by atoms with E-state index in [0.29, 0.717) is 0 Å². The van der Waals surface area contributed by atoms with Gasteiger partial charge in [0.15, 0.2) is 11.7 Å². The van der Waals surface area contributed by atoms with Crippen molar-refractivity contribution in [3.8, 4) is 0 Å². The second kappa shape index (κ2) is 5.24. The van der Waals surface area contributed by atoms with Gasteiger partial charge < -0.3 is 5.11 Å². The van der Waals surface area contributed by atoms with Gasteiger partial charge in [0.1, 0.15) is 0 Å². The van der Waals surface area contributed by atoms with E-state index >= 15 is 0 Å². The first-order valence-electron chi connectivity index (χ1n) is 3.55. The number of carbonyl (C=O) groups is 1. The van der Waals surface area contributed by atoms with Crippen molar-refractivity contribution < 1.29 is 18.7 Å². The number of halogens is 2. The number of carboxylic acids is 1. The number of allylic oxidation sites excluding steroid dienone is 4. The van der Waals surface area contributed by atoms with E-state index in [1.54, 1.807) is 0 Å². The molecule has 4 heteroatoms. The van der Waals surface area contributed by atoms with Gasteiger partial charge in [0, 0.05) is 6.42 Å². The summed E-state index contributed by atoms with van der Waals surface area (Å²) in [7, 11) is 0. The second-order valence-corrected chi connectivity index (χ2v) is 2.45. The van der Waals surface area contributed by atoms with Gasteiger partial charge in [0.25, 0.3) is 0 Å². The molecule has 0 saturated carbocycles. The van der Waals surface area contributed by atoms with Gasteiger partial charge in [0.05, 0.1) is 0 Å². The summed E-state index contributed by atoms with van der Waals surface area (Å²) < 4.78 is 24.5. The van der Waals surface area contributed by atoms with Gasteiger partial charge in [-0.1, -0.05) is 18.7 Å². The van der Waals surface area contributed by atoms with Gasteiger partial charge in [-0.25, -0.2) is 8.78 Å². The highest BCUT2D eigenvalue weighted by Crippen LogP contribution is 2.15. The topological polar surface area (TPSA) is 37.3 Å². The number of hydrogen-bond acceptors (Lipinski definition) is 1. The highest BCUT2D eigenvalue weighted by Gasteiger charge is 2.02. The zero-order valence-electron chi connectivity index (χ0n) is 7.02. The van der Waals surface area contributed by atoms with Gasteiger partial charge in [-0.3, -0.25) is 4.79 Å². The maximum atomic E-state index is 12.5. The van der Waals surface area contributed by atoms with Crippen LogP contribution in [0.15, 0.2) is 36.5 Å². The standard InChI is InChI=1S/C9H10F2O2/c1-6(3-4-9(12)13)5-8(11)7(2)10/h5H,1-4H2,(H,12,13)/b8-5+. The van der Waals surface area contributed by atoms with Crippen LogP contribution in [0.2, 0.25) is 0 Å². The van der Waals surface area contributed by atoms with Crippen LogP contribution in [0.4, 0.5) is 8.78 Å². The summed E-state index contributed by atoms with van der Waals surface area (Å²) in [5, 5.41) is 8.26. The Hall–Kier alpha value is -1.45. The lowest BCUT2D eigenvalue weighted by atomic mass is 10.1. The third-order valence-electron chi connectivity index (χ3n) is 1.25. The summed E-state index contributed by atoms with van der Waals surface area (Å²) in [6.45, 7) is 6.10. The summed E-state index contributed by atoms with van der Waals surface area (Å²) in [6.07, 6.45) is 0.780. The van der Waals surface area contributed by atoms with Crippen LogP contribution in [0, 0.1) is 0 Å². The molecule has 72 valence electrons. The minimum atomic E-state index is -1.18. The van der Waals surface area contributed by atoms with Crippen molar-refractivity contribution in [2.24, 2.45) is 0 Å². The summed E-state index contributed by atoms with van der Waals surface area (Å²) in [5.74, 6) is -3.30. The first-order chi connectivity index (χ1) is 5.93. The molecule has 0 aliphatic heterocycles. The molecular weight excluding hydrogens is 178 g/mol. The largest absolute Gasteiger partial charge is 0.481 e. The number of carboxylic acid groups (broad SMARTS) is 1. The molecule has 13 heavy (non-hydrogen) atoms. The molecule has 0 aliphatic carbocycles. The van der Waals surface area contributed by atoms with Crippen molar-refractivity contribution in [1.82, 2.24) is 0 Å². The van der Waals surface area contributed by atoms with E-state index in [1.807, 2.05) is 0 Å². The van der Waals surface area contributed by atoms with Crippen molar-refractivity contribution in [2.75, 3.05) is 0 Å². The molecule has 0 fully saturated rings. The smallest absolute Gasteiger partial charge is 0.303 e. The van der Waals surface area contributed by atoms with Gasteiger partial charge in [-0.2, -0.15) is 0 Å². The maximum absolute atomic E-state index is 12.5. The highest BCUT2D eigenvalue weighted by atomic mass is 19.2. The van der Waals surface area contributed by atoms with E-state index in [2.05, 4.69) is 13.2 Å². The zero-order chi connectivity index (χ0) is 10.4. The van der Waals surface area contributed by atoms with E-state index in [-0.39, 0.29) is 18.4 Å². The summed E-state index contributed by atoms with van der Waals surface area (Å²) in [4.78, 5) is 10.1. The van der Waals surface area contributed by atoms with Crippen LogP contribution in [0.25, 0.3) is 0 Å². The fourth-order valence-electron chi connectivity index (χ4n) is 0.597. The number of rotatable bonds is 5. The van der Waals surface area contributed by atoms with Crippen molar-refractivity contribution in [3.63, 3.8) is 0 Å². The molecule has 0 aromatic carbocycles. The average molecular weight is 188 g/mol. The Morgan fingerprint density at radius 1 is 1.31 bits per heavy atom. The third kappa shape index (κ3) is 5.78. The van der Waals surface area contributed by atoms with Crippen molar-refractivity contribution in [2.45, 2.75) is 12.8 Å². The minimum absolute atomic E-state index is 0.0933. The van der Waals surface area contributed by atoms with Gasteiger partial charge in [0.2, 0.25) is 0 Å². The predicted molar refractivity (Wildman–Crippen MR) is 45.4 cm³/mol. The highest BCUT2D eigenvalue weighted by molar-refractivity contribution is 5.67. The van der Waals surface area contributed by atoms with E-state index in [4.69, 9.17) is 5.11 Å². The first-order valence-corrected chi connectivity index (χ1v) is 3.55. The summed E-state index contributed by atoms with van der Waals surface area (Å²) in [6, 6.07) is 0. The molecule has 0 aliphatic rings. The Morgan fingerprint density at radius 2 is 1.85 bits per heavy atom. The Morgan fingerprint density at radius 3 is 2.23 bits per heavy atom. The summed E-state index contributed by atoms with van der Waals surface area (Å²) >= 11 is 0. The van der Waals surface area contributed by atoms with E-state index in [0.717, 1.165) is 6.08 Å². The van der Waals surface area contributed by atoms with Crippen LogP contribution >= 0.6 is 0 Å². The molecule has 0 saturated heterocycles. The van der Waals surface area contributed by atoms with Crippen LogP contribution in [0.3, 0.4) is 0 Å². The van der Waals surface area contributed by atoms with E-state index in [9.17, 15) is 13.6 Å². The molecule has 0 spiro atoms. The maximum Gasteiger partial charge on any atom is 0.303 e. The fraction of sp³-hybridized carbons (Fsp3) is 0.222. The number of hydrogen-bond donors (Lipinski definition) is 1. The van der Waals surface area contributed by atoms with Crippen molar-refractivity contribution in [1.29, 1.82) is 0 Å². The normalized spacial score (nSPS) is 11.1. The molecule has 0 aromatic heterocycles. The van der Waals surface area contributed by atoms with E-state index < -0.39 is 17.6 Å². The Labute approximate surface area is 74.9 Å². The van der Waals surface area contributed by atoms with Crippen LogP contribution < -0.4 is 0 Å². The van der Waals surface area contributed by atoms with Crippen molar-refractivity contribution >= 4 is 5.97 Å². The molecular formula is C9H10F2O2. The van der Waals surface area contributed by atoms with E-state index in [1.165, 1.54) is 0 Å². The van der Waals surface area contributed by atoms with Gasteiger partial charge in [-0.05, 0) is 12.5 Å². The van der Waals surface area contributed by atoms with Crippen molar-refractivity contribution in [3.05, 3.63) is 36.5 Å². The molecule has 0 heterocycles. The van der Waals surface area contributed by atoms with Crippen LogP contribution in [0.1, 0.15) is 12.8 Å². The molecule has 0 radical (unpaired) electrons. The molecule has 0 aromatic rings. The number of aliphatic carboxylic acids is 1. The molecule has 1 N–H and O–H groups in total. The fourth-order valence-corrected chi connectivity index (χ4v) is 0.597. The molecule has 0 unspecified atom stereocenters. The van der Waals surface area contributed by atoms with Crippen LogP contribution in [-0.2, 0) is 4.79 Å². The quantitative estimate of drug-likeness (QED) is 0.673. The molecule has 2 nitrogen and oxygen atoms in total. The Kier molecular flexibility index (Phi) is 4.66. The third-order valence-corrected chi connectivity index (χ3v) is 1.25. The SMILES string of the molecule is C=C(/C=C(/F)C(=C)F)CCC(=O)O. The Bertz CT molecular complexity index is 267. The second-order valence-electron chi connectivity index (χ2n) is 2.45. The molecule has 0 bridgehead atoms. The lowest BCUT2D eigenvalue weighted by Crippen LogP contribution is -1.94. The predicted octanol–water partition coefficient (Wildman–Crippen LogP) is 2.74. The molecule has 0 amide bonds. The average Bonchev–Trinajstić information content (AvgIpc) is 2.00. The Balaban J connectivity index is 4.07. The van der Waals surface area contributed by atoms with Gasteiger partial charge >= 0.3 is 5.97 Å². The lowest BCUT2D eigenvalue weighted by molar-refractivity contribution is -0.136. The van der Waals surface area contributed by atoms with Gasteiger partial charge in [-0.15, -0.1) is 0 Å². The molecule has 0 atom stereocenters. The zero-order valence-corrected chi connectivity index (χ0v) is 7.02. The van der Waals surface area contributed by atoms with Crippen LogP contribution in [0.5, 0.6) is 0 Å². The minimum Gasteiger partial charge on any atom is -0.481 e. The lowest BCUT2D eigenvalue weighted by Gasteiger charge is -1.96. The molecule has 0 rings (SSSR count). The van der Waals surface area contributed by atoms with Crippen LogP contribution in [-0.4, -0.2) is 11.1 Å².